The van der Waals surface area contributed by atoms with Crippen LogP contribution in [0, 0.1) is 6.92 Å². The van der Waals surface area contributed by atoms with Gasteiger partial charge < -0.3 is 9.84 Å². The van der Waals surface area contributed by atoms with E-state index in [4.69, 9.17) is 9.84 Å². The molecule has 72 valence electrons. The molecule has 13 heavy (non-hydrogen) atoms. The van der Waals surface area contributed by atoms with Gasteiger partial charge in [0.05, 0.1) is 6.61 Å². The number of carbonyl (C=O) groups is 1. The van der Waals surface area contributed by atoms with Gasteiger partial charge in [-0.25, -0.2) is 4.79 Å². The van der Waals surface area contributed by atoms with Crippen LogP contribution in [0.25, 0.3) is 0 Å². The van der Waals surface area contributed by atoms with Gasteiger partial charge in [0.1, 0.15) is 5.75 Å². The van der Waals surface area contributed by atoms with Crippen molar-refractivity contribution in [2.45, 2.75) is 20.3 Å². The van der Waals surface area contributed by atoms with E-state index in [9.17, 15) is 4.79 Å². The van der Waals surface area contributed by atoms with Crippen molar-refractivity contribution in [3.63, 3.8) is 0 Å². The molecule has 0 unspecified atom stereocenters. The first kappa shape index (κ1) is 10.1. The highest BCUT2D eigenvalue weighted by atomic mass is 32.1. The summed E-state index contributed by atoms with van der Waals surface area (Å²) in [5.41, 5.74) is 0. The molecule has 0 aliphatic rings. The third kappa shape index (κ3) is 2.45. The Balaban J connectivity index is 2.84. The molecule has 0 atom stereocenters. The quantitative estimate of drug-likeness (QED) is 0.812. The van der Waals surface area contributed by atoms with Crippen molar-refractivity contribution in [2.24, 2.45) is 0 Å². The summed E-state index contributed by atoms with van der Waals surface area (Å²) in [6, 6.07) is 1.77. The van der Waals surface area contributed by atoms with Gasteiger partial charge in [-0.05, 0) is 19.4 Å². The van der Waals surface area contributed by atoms with Gasteiger partial charge in [0.25, 0.3) is 0 Å². The standard InChI is InChI=1S/C9H12O3S/c1-3-4-12-7-5-6(2)13-8(7)9(10)11/h5H,3-4H2,1-2H3,(H,10,11). The van der Waals surface area contributed by atoms with Gasteiger partial charge in [-0.2, -0.15) is 0 Å². The first-order valence-electron chi connectivity index (χ1n) is 4.11. The van der Waals surface area contributed by atoms with E-state index in [2.05, 4.69) is 0 Å². The first-order valence-corrected chi connectivity index (χ1v) is 4.93. The number of thiophene rings is 1. The summed E-state index contributed by atoms with van der Waals surface area (Å²) < 4.78 is 5.30. The Morgan fingerprint density at radius 2 is 2.38 bits per heavy atom. The second kappa shape index (κ2) is 4.28. The van der Waals surface area contributed by atoms with E-state index in [1.807, 2.05) is 13.8 Å². The number of rotatable bonds is 4. The Labute approximate surface area is 81.0 Å². The van der Waals surface area contributed by atoms with Gasteiger partial charge >= 0.3 is 5.97 Å². The van der Waals surface area contributed by atoms with Gasteiger partial charge in [0, 0.05) is 4.88 Å². The number of hydrogen-bond donors (Lipinski definition) is 1. The van der Waals surface area contributed by atoms with Crippen LogP contribution >= 0.6 is 11.3 Å². The van der Waals surface area contributed by atoms with E-state index >= 15 is 0 Å². The lowest BCUT2D eigenvalue weighted by Crippen LogP contribution is -2.00. The third-order valence-corrected chi connectivity index (χ3v) is 2.50. The summed E-state index contributed by atoms with van der Waals surface area (Å²) in [5, 5.41) is 8.81. The Kier molecular flexibility index (Phi) is 3.31. The van der Waals surface area contributed by atoms with E-state index in [0.717, 1.165) is 11.3 Å². The second-order valence-electron chi connectivity index (χ2n) is 2.70. The highest BCUT2D eigenvalue weighted by Gasteiger charge is 2.14. The molecule has 0 bridgehead atoms. The van der Waals surface area contributed by atoms with E-state index in [-0.39, 0.29) is 0 Å². The molecule has 0 aromatic carbocycles. The SMILES string of the molecule is CCCOc1cc(C)sc1C(=O)O. The Hall–Kier alpha value is -1.03. The molecule has 1 rings (SSSR count). The molecule has 0 aliphatic carbocycles. The zero-order chi connectivity index (χ0) is 9.84. The Morgan fingerprint density at radius 1 is 1.69 bits per heavy atom. The highest BCUT2D eigenvalue weighted by Crippen LogP contribution is 2.28. The molecule has 0 amide bonds. The molecule has 0 spiro atoms. The molecule has 3 nitrogen and oxygen atoms in total. The minimum absolute atomic E-state index is 0.297. The predicted molar refractivity (Wildman–Crippen MR) is 51.8 cm³/mol. The normalized spacial score (nSPS) is 10.0. The maximum Gasteiger partial charge on any atom is 0.349 e. The minimum atomic E-state index is -0.913. The van der Waals surface area contributed by atoms with E-state index in [0.29, 0.717) is 17.2 Å². The number of ether oxygens (including phenoxy) is 1. The molecular formula is C9H12O3S. The third-order valence-electron chi connectivity index (χ3n) is 1.48. The van der Waals surface area contributed by atoms with Crippen LogP contribution in [0.1, 0.15) is 27.9 Å². The molecule has 0 saturated carbocycles. The second-order valence-corrected chi connectivity index (χ2v) is 3.96. The topological polar surface area (TPSA) is 46.5 Å². The molecule has 0 radical (unpaired) electrons. The fourth-order valence-electron chi connectivity index (χ4n) is 0.959. The van der Waals surface area contributed by atoms with Crippen LogP contribution in [-0.2, 0) is 0 Å². The molecule has 1 heterocycles. The average Bonchev–Trinajstić information content (AvgIpc) is 2.43. The minimum Gasteiger partial charge on any atom is -0.492 e. The number of hydrogen-bond acceptors (Lipinski definition) is 3. The highest BCUT2D eigenvalue weighted by molar-refractivity contribution is 7.14. The summed E-state index contributed by atoms with van der Waals surface area (Å²) in [4.78, 5) is 12.0. The number of carboxylic acid groups (broad SMARTS) is 1. The van der Waals surface area contributed by atoms with Crippen LogP contribution in [-0.4, -0.2) is 17.7 Å². The van der Waals surface area contributed by atoms with E-state index in [1.165, 1.54) is 11.3 Å². The van der Waals surface area contributed by atoms with Gasteiger partial charge in [-0.15, -0.1) is 11.3 Å². The fourth-order valence-corrected chi connectivity index (χ4v) is 1.75. The monoisotopic (exact) mass is 200 g/mol. The van der Waals surface area contributed by atoms with Crippen molar-refractivity contribution in [3.05, 3.63) is 15.8 Å². The Morgan fingerprint density at radius 3 is 2.92 bits per heavy atom. The van der Waals surface area contributed by atoms with Crippen LogP contribution < -0.4 is 4.74 Å². The van der Waals surface area contributed by atoms with Crippen molar-refractivity contribution in [2.75, 3.05) is 6.61 Å². The summed E-state index contributed by atoms with van der Waals surface area (Å²) in [7, 11) is 0. The zero-order valence-electron chi connectivity index (χ0n) is 7.66. The van der Waals surface area contributed by atoms with Gasteiger partial charge in [0.2, 0.25) is 0 Å². The summed E-state index contributed by atoms with van der Waals surface area (Å²) in [5.74, 6) is -0.416. The van der Waals surface area contributed by atoms with Gasteiger partial charge in [0.15, 0.2) is 4.88 Å². The average molecular weight is 200 g/mol. The van der Waals surface area contributed by atoms with Crippen LogP contribution in [0.3, 0.4) is 0 Å². The maximum absolute atomic E-state index is 10.7. The summed E-state index contributed by atoms with van der Waals surface area (Å²) >= 11 is 1.25. The smallest absolute Gasteiger partial charge is 0.349 e. The molecule has 0 fully saturated rings. The first-order chi connectivity index (χ1) is 6.15. The molecule has 0 aliphatic heterocycles. The van der Waals surface area contributed by atoms with Crippen LogP contribution in [0.2, 0.25) is 0 Å². The van der Waals surface area contributed by atoms with Gasteiger partial charge in [-0.3, -0.25) is 0 Å². The molecule has 0 saturated heterocycles. The maximum atomic E-state index is 10.7. The number of aromatic carboxylic acids is 1. The van der Waals surface area contributed by atoms with Gasteiger partial charge in [-0.1, -0.05) is 6.92 Å². The van der Waals surface area contributed by atoms with Crippen molar-refractivity contribution in [3.8, 4) is 5.75 Å². The Bertz CT molecular complexity index is 304. The molecule has 1 aromatic heterocycles. The van der Waals surface area contributed by atoms with E-state index < -0.39 is 5.97 Å². The van der Waals surface area contributed by atoms with Crippen LogP contribution in [0.5, 0.6) is 5.75 Å². The lowest BCUT2D eigenvalue weighted by molar-refractivity contribution is 0.0698. The lowest BCUT2D eigenvalue weighted by atomic mass is 10.4. The lowest BCUT2D eigenvalue weighted by Gasteiger charge is -2.01. The summed E-state index contributed by atoms with van der Waals surface area (Å²) in [6.07, 6.45) is 0.883. The number of carboxylic acids is 1. The van der Waals surface area contributed by atoms with Crippen molar-refractivity contribution in [1.29, 1.82) is 0 Å². The van der Waals surface area contributed by atoms with Crippen molar-refractivity contribution < 1.29 is 14.6 Å². The zero-order valence-corrected chi connectivity index (χ0v) is 8.48. The number of aryl methyl sites for hydroxylation is 1. The fraction of sp³-hybridized carbons (Fsp3) is 0.444. The molecular weight excluding hydrogens is 188 g/mol. The predicted octanol–water partition coefficient (Wildman–Crippen LogP) is 2.54. The van der Waals surface area contributed by atoms with Crippen molar-refractivity contribution >= 4 is 17.3 Å². The van der Waals surface area contributed by atoms with Crippen LogP contribution in [0.4, 0.5) is 0 Å². The van der Waals surface area contributed by atoms with E-state index in [1.54, 1.807) is 6.07 Å². The summed E-state index contributed by atoms with van der Waals surface area (Å²) in [6.45, 7) is 4.42. The van der Waals surface area contributed by atoms with Crippen LogP contribution in [0.15, 0.2) is 6.07 Å². The molecule has 4 heteroatoms. The largest absolute Gasteiger partial charge is 0.492 e. The molecule has 1 N–H and O–H groups in total. The van der Waals surface area contributed by atoms with Crippen molar-refractivity contribution in [1.82, 2.24) is 0 Å². The molecule has 1 aromatic rings.